The number of carboxylic acid groups (broad SMARTS) is 1. The molecule has 0 aromatic carbocycles. The van der Waals surface area contributed by atoms with E-state index in [2.05, 4.69) is 20.0 Å². The quantitative estimate of drug-likeness (QED) is 0.908. The van der Waals surface area contributed by atoms with Gasteiger partial charge in [0.15, 0.2) is 5.69 Å². The van der Waals surface area contributed by atoms with Crippen LogP contribution in [0.3, 0.4) is 0 Å². The fraction of sp³-hybridized carbons (Fsp3) is 0.467. The summed E-state index contributed by atoms with van der Waals surface area (Å²) < 4.78 is 1.69. The highest BCUT2D eigenvalue weighted by Gasteiger charge is 2.27. The first-order chi connectivity index (χ1) is 10.6. The van der Waals surface area contributed by atoms with Gasteiger partial charge >= 0.3 is 5.97 Å². The van der Waals surface area contributed by atoms with Crippen LogP contribution in [0.5, 0.6) is 0 Å². The van der Waals surface area contributed by atoms with Gasteiger partial charge in [-0.05, 0) is 6.07 Å². The number of aromatic carboxylic acids is 1. The number of hydrogen-bond acceptors (Lipinski definition) is 5. The van der Waals surface area contributed by atoms with Gasteiger partial charge in [0.25, 0.3) is 0 Å². The highest BCUT2D eigenvalue weighted by atomic mass is 16.4. The average molecular weight is 301 g/mol. The van der Waals surface area contributed by atoms with Crippen molar-refractivity contribution in [3.8, 4) is 0 Å². The van der Waals surface area contributed by atoms with Crippen LogP contribution in [0.25, 0.3) is 0 Å². The lowest BCUT2D eigenvalue weighted by Crippen LogP contribution is -2.31. The second-order valence-electron chi connectivity index (χ2n) is 5.48. The molecule has 0 radical (unpaired) electrons. The summed E-state index contributed by atoms with van der Waals surface area (Å²) in [5, 5.41) is 13.4. The summed E-state index contributed by atoms with van der Waals surface area (Å²) in [6.07, 6.45) is 3.39. The summed E-state index contributed by atoms with van der Waals surface area (Å²) in [4.78, 5) is 22.2. The fourth-order valence-corrected chi connectivity index (χ4v) is 2.88. The maximum atomic E-state index is 11.3. The fourth-order valence-electron chi connectivity index (χ4n) is 2.88. The predicted molar refractivity (Wildman–Crippen MR) is 79.4 cm³/mol. The van der Waals surface area contributed by atoms with Crippen LogP contribution in [0.2, 0.25) is 0 Å². The van der Waals surface area contributed by atoms with Crippen molar-refractivity contribution < 1.29 is 9.90 Å². The molecule has 0 bridgehead atoms. The summed E-state index contributed by atoms with van der Waals surface area (Å²) in [7, 11) is 1.80. The molecule has 0 saturated carbocycles. The second-order valence-corrected chi connectivity index (χ2v) is 5.48. The van der Waals surface area contributed by atoms with Crippen molar-refractivity contribution >= 4 is 5.97 Å². The SMILES string of the molecule is CCc1nccc(CN2CCc3c(c(C(=O)O)nn3C)C2)n1. The van der Waals surface area contributed by atoms with E-state index < -0.39 is 5.97 Å². The molecule has 0 unspecified atom stereocenters. The third-order valence-corrected chi connectivity index (χ3v) is 3.99. The zero-order chi connectivity index (χ0) is 15.7. The third-order valence-electron chi connectivity index (χ3n) is 3.99. The van der Waals surface area contributed by atoms with Gasteiger partial charge in [0.2, 0.25) is 0 Å². The van der Waals surface area contributed by atoms with Crippen LogP contribution in [0.4, 0.5) is 0 Å². The van der Waals surface area contributed by atoms with Crippen LogP contribution >= 0.6 is 0 Å². The predicted octanol–water partition coefficient (Wildman–Crippen LogP) is 1.03. The molecule has 1 aliphatic rings. The van der Waals surface area contributed by atoms with E-state index in [0.29, 0.717) is 13.1 Å². The van der Waals surface area contributed by atoms with Crippen molar-refractivity contribution in [3.63, 3.8) is 0 Å². The Balaban J connectivity index is 1.80. The van der Waals surface area contributed by atoms with Gasteiger partial charge in [0, 0.05) is 57.0 Å². The maximum absolute atomic E-state index is 11.3. The zero-order valence-corrected chi connectivity index (χ0v) is 12.8. The van der Waals surface area contributed by atoms with E-state index in [9.17, 15) is 9.90 Å². The molecule has 0 fully saturated rings. The Labute approximate surface area is 128 Å². The van der Waals surface area contributed by atoms with Crippen LogP contribution in [-0.4, -0.2) is 42.3 Å². The first-order valence-corrected chi connectivity index (χ1v) is 7.39. The number of aryl methyl sites for hydroxylation is 2. The summed E-state index contributed by atoms with van der Waals surface area (Å²) >= 11 is 0. The van der Waals surface area contributed by atoms with Crippen molar-refractivity contribution in [1.82, 2.24) is 24.6 Å². The van der Waals surface area contributed by atoms with Gasteiger partial charge in [-0.15, -0.1) is 0 Å². The number of aromatic nitrogens is 4. The molecule has 3 rings (SSSR count). The molecule has 7 heteroatoms. The zero-order valence-electron chi connectivity index (χ0n) is 12.8. The van der Waals surface area contributed by atoms with E-state index in [1.54, 1.807) is 17.9 Å². The Morgan fingerprint density at radius 3 is 3.00 bits per heavy atom. The molecule has 2 aromatic rings. The van der Waals surface area contributed by atoms with Crippen LogP contribution in [0, 0.1) is 0 Å². The standard InChI is InChI=1S/C15H19N5O2/c1-3-13-16-6-4-10(17-13)8-20-7-5-12-11(9-20)14(15(21)22)18-19(12)2/h4,6H,3,5,7-9H2,1-2H3,(H,21,22). The molecular formula is C15H19N5O2. The monoisotopic (exact) mass is 301 g/mol. The number of carboxylic acids is 1. The van der Waals surface area contributed by atoms with Crippen molar-refractivity contribution in [3.05, 3.63) is 40.7 Å². The van der Waals surface area contributed by atoms with Crippen molar-refractivity contribution in [2.75, 3.05) is 6.54 Å². The third kappa shape index (κ3) is 2.71. The van der Waals surface area contributed by atoms with E-state index in [1.165, 1.54) is 0 Å². The Morgan fingerprint density at radius 2 is 2.27 bits per heavy atom. The molecule has 22 heavy (non-hydrogen) atoms. The molecule has 116 valence electrons. The van der Waals surface area contributed by atoms with Gasteiger partial charge in [0.05, 0.1) is 5.69 Å². The number of nitrogens with zero attached hydrogens (tertiary/aromatic N) is 5. The van der Waals surface area contributed by atoms with Gasteiger partial charge in [-0.3, -0.25) is 9.58 Å². The number of hydrogen-bond donors (Lipinski definition) is 1. The number of fused-ring (bicyclic) bond motifs is 1. The molecule has 0 saturated heterocycles. The Bertz CT molecular complexity index is 710. The van der Waals surface area contributed by atoms with E-state index in [4.69, 9.17) is 0 Å². The lowest BCUT2D eigenvalue weighted by molar-refractivity contribution is 0.0687. The first-order valence-electron chi connectivity index (χ1n) is 7.39. The van der Waals surface area contributed by atoms with E-state index in [0.717, 1.165) is 42.2 Å². The van der Waals surface area contributed by atoms with Crippen LogP contribution in [0.1, 0.15) is 40.2 Å². The summed E-state index contributed by atoms with van der Waals surface area (Å²) in [5.41, 5.74) is 2.98. The van der Waals surface area contributed by atoms with E-state index in [-0.39, 0.29) is 5.69 Å². The minimum atomic E-state index is -0.964. The molecule has 0 aliphatic carbocycles. The normalized spacial score (nSPS) is 14.8. The van der Waals surface area contributed by atoms with Gasteiger partial charge in [-0.25, -0.2) is 14.8 Å². The summed E-state index contributed by atoms with van der Waals surface area (Å²) in [5.74, 6) is -0.128. The molecule has 0 spiro atoms. The van der Waals surface area contributed by atoms with Crippen molar-refractivity contribution in [2.24, 2.45) is 7.05 Å². The molecule has 7 nitrogen and oxygen atoms in total. The molecule has 0 atom stereocenters. The van der Waals surface area contributed by atoms with Crippen LogP contribution < -0.4 is 0 Å². The smallest absolute Gasteiger partial charge is 0.356 e. The Morgan fingerprint density at radius 1 is 1.45 bits per heavy atom. The lowest BCUT2D eigenvalue weighted by Gasteiger charge is -2.26. The number of carbonyl (C=O) groups is 1. The molecule has 0 amide bonds. The van der Waals surface area contributed by atoms with E-state index in [1.807, 2.05) is 13.0 Å². The minimum Gasteiger partial charge on any atom is -0.476 e. The highest BCUT2D eigenvalue weighted by Crippen LogP contribution is 2.23. The molecule has 2 aromatic heterocycles. The molecule has 3 heterocycles. The maximum Gasteiger partial charge on any atom is 0.356 e. The van der Waals surface area contributed by atoms with Gasteiger partial charge < -0.3 is 5.11 Å². The average Bonchev–Trinajstić information content (AvgIpc) is 2.84. The van der Waals surface area contributed by atoms with Crippen LogP contribution in [0.15, 0.2) is 12.3 Å². The van der Waals surface area contributed by atoms with Crippen molar-refractivity contribution in [1.29, 1.82) is 0 Å². The summed E-state index contributed by atoms with van der Waals surface area (Å²) in [6, 6.07) is 1.91. The van der Waals surface area contributed by atoms with Gasteiger partial charge in [-0.2, -0.15) is 5.10 Å². The highest BCUT2D eigenvalue weighted by molar-refractivity contribution is 5.87. The first kappa shape index (κ1) is 14.6. The van der Waals surface area contributed by atoms with Crippen molar-refractivity contribution in [2.45, 2.75) is 32.9 Å². The van der Waals surface area contributed by atoms with Crippen LogP contribution in [-0.2, 0) is 33.0 Å². The molecule has 1 N–H and O–H groups in total. The summed E-state index contributed by atoms with van der Waals surface area (Å²) in [6.45, 7) is 4.19. The van der Waals surface area contributed by atoms with E-state index >= 15 is 0 Å². The van der Waals surface area contributed by atoms with Gasteiger partial charge in [-0.1, -0.05) is 6.92 Å². The molecule has 1 aliphatic heterocycles. The molecular weight excluding hydrogens is 282 g/mol. The topological polar surface area (TPSA) is 84.1 Å². The second kappa shape index (κ2) is 5.84. The Kier molecular flexibility index (Phi) is 3.89. The lowest BCUT2D eigenvalue weighted by atomic mass is 10.0. The Hall–Kier alpha value is -2.28. The minimum absolute atomic E-state index is 0.166. The van der Waals surface area contributed by atoms with Gasteiger partial charge in [0.1, 0.15) is 5.82 Å². The largest absolute Gasteiger partial charge is 0.476 e. The number of rotatable bonds is 4.